The second-order valence-corrected chi connectivity index (χ2v) is 4.93. The number of nitrogens with two attached hydrogens (primary N) is 1. The van der Waals surface area contributed by atoms with E-state index in [-0.39, 0.29) is 0 Å². The summed E-state index contributed by atoms with van der Waals surface area (Å²) in [6, 6.07) is 7.53. The van der Waals surface area contributed by atoms with Crippen LogP contribution in [0.2, 0.25) is 5.02 Å². The van der Waals surface area contributed by atoms with Crippen molar-refractivity contribution in [2.75, 3.05) is 5.73 Å². The molecule has 0 aliphatic heterocycles. The molecule has 1 aromatic carbocycles. The van der Waals surface area contributed by atoms with Gasteiger partial charge in [0.25, 0.3) is 0 Å². The van der Waals surface area contributed by atoms with Gasteiger partial charge in [-0.15, -0.1) is 0 Å². The fourth-order valence-electron chi connectivity index (χ4n) is 1.67. The van der Waals surface area contributed by atoms with Gasteiger partial charge in [-0.05, 0) is 31.5 Å². The van der Waals surface area contributed by atoms with E-state index in [0.29, 0.717) is 29.1 Å². The third-order valence-corrected chi connectivity index (χ3v) is 3.35. The maximum absolute atomic E-state index is 6.03. The second-order valence-electron chi connectivity index (χ2n) is 4.52. The maximum Gasteiger partial charge on any atom is 0.140 e. The summed E-state index contributed by atoms with van der Waals surface area (Å²) in [6.07, 6.45) is 3.01. The van der Waals surface area contributed by atoms with Crippen molar-refractivity contribution < 1.29 is 4.74 Å². The first-order valence-corrected chi connectivity index (χ1v) is 6.69. The monoisotopic (exact) mass is 279 g/mol. The number of anilines is 1. The van der Waals surface area contributed by atoms with Crippen molar-refractivity contribution >= 4 is 17.3 Å². The third-order valence-electron chi connectivity index (χ3n) is 3.04. The van der Waals surface area contributed by atoms with Crippen molar-refractivity contribution in [3.8, 4) is 5.75 Å². The van der Waals surface area contributed by atoms with E-state index in [2.05, 4.69) is 18.9 Å². The molecule has 0 bridgehead atoms. The minimum absolute atomic E-state index is 0.382. The Hall–Kier alpha value is -1.68. The quantitative estimate of drug-likeness (QED) is 0.850. The molecule has 4 nitrogen and oxygen atoms in total. The Bertz CT molecular complexity index is 553. The fourth-order valence-corrected chi connectivity index (χ4v) is 1.84. The molecule has 0 aliphatic carbocycles. The topological polar surface area (TPSA) is 53.1 Å². The van der Waals surface area contributed by atoms with E-state index in [1.165, 1.54) is 0 Å². The van der Waals surface area contributed by atoms with Crippen molar-refractivity contribution in [1.29, 1.82) is 0 Å². The van der Waals surface area contributed by atoms with E-state index in [1.54, 1.807) is 18.2 Å². The Morgan fingerprint density at radius 1 is 1.42 bits per heavy atom. The number of hydrogen-bond acceptors (Lipinski definition) is 3. The number of ether oxygens (including phenoxy) is 1. The second kappa shape index (κ2) is 5.97. The van der Waals surface area contributed by atoms with Gasteiger partial charge >= 0.3 is 0 Å². The summed E-state index contributed by atoms with van der Waals surface area (Å²) in [5, 5.41) is 5.02. The molecule has 2 aromatic rings. The van der Waals surface area contributed by atoms with E-state index >= 15 is 0 Å². The van der Waals surface area contributed by atoms with Gasteiger partial charge in [-0.1, -0.05) is 18.5 Å². The summed E-state index contributed by atoms with van der Waals surface area (Å²) in [5.41, 5.74) is 7.20. The molecule has 2 rings (SSSR count). The molecular weight excluding hydrogens is 262 g/mol. The number of benzene rings is 1. The highest BCUT2D eigenvalue weighted by molar-refractivity contribution is 6.32. The molecular formula is C14H18ClN3O. The van der Waals surface area contributed by atoms with E-state index in [1.807, 2.05) is 16.9 Å². The molecule has 0 saturated carbocycles. The lowest BCUT2D eigenvalue weighted by Gasteiger charge is -2.09. The fraction of sp³-hybridized carbons (Fsp3) is 0.357. The summed E-state index contributed by atoms with van der Waals surface area (Å²) >= 11 is 6.03. The lowest BCUT2D eigenvalue weighted by molar-refractivity contribution is 0.298. The van der Waals surface area contributed by atoms with E-state index in [0.717, 1.165) is 12.1 Å². The number of rotatable bonds is 5. The Kier molecular flexibility index (Phi) is 4.32. The lowest BCUT2D eigenvalue weighted by Crippen LogP contribution is -2.05. The van der Waals surface area contributed by atoms with Crippen LogP contribution in [0.25, 0.3) is 0 Å². The van der Waals surface area contributed by atoms with Crippen LogP contribution in [0.3, 0.4) is 0 Å². The van der Waals surface area contributed by atoms with Gasteiger partial charge in [0, 0.05) is 24.0 Å². The van der Waals surface area contributed by atoms with Crippen LogP contribution >= 0.6 is 11.6 Å². The highest BCUT2D eigenvalue weighted by atomic mass is 35.5. The van der Waals surface area contributed by atoms with E-state index in [4.69, 9.17) is 22.1 Å². The predicted octanol–water partition coefficient (Wildman–Crippen LogP) is 3.67. The summed E-state index contributed by atoms with van der Waals surface area (Å²) in [7, 11) is 0. The van der Waals surface area contributed by atoms with Gasteiger partial charge in [0.05, 0.1) is 10.7 Å². The highest BCUT2D eigenvalue weighted by Crippen LogP contribution is 2.27. The molecule has 0 saturated heterocycles. The number of nitrogens with zero attached hydrogens (tertiary/aromatic N) is 2. The van der Waals surface area contributed by atoms with Crippen molar-refractivity contribution in [1.82, 2.24) is 9.78 Å². The molecule has 0 fully saturated rings. The number of halogens is 1. The van der Waals surface area contributed by atoms with Crippen LogP contribution in [-0.2, 0) is 6.61 Å². The van der Waals surface area contributed by atoms with Gasteiger partial charge in [0.2, 0.25) is 0 Å². The minimum atomic E-state index is 0.382. The van der Waals surface area contributed by atoms with Crippen LogP contribution in [0.1, 0.15) is 32.0 Å². The highest BCUT2D eigenvalue weighted by Gasteiger charge is 2.07. The Labute approximate surface area is 118 Å². The molecule has 0 aliphatic rings. The van der Waals surface area contributed by atoms with Crippen LogP contribution in [0.5, 0.6) is 5.75 Å². The zero-order valence-corrected chi connectivity index (χ0v) is 11.9. The summed E-state index contributed by atoms with van der Waals surface area (Å²) in [4.78, 5) is 0. The molecule has 0 spiro atoms. The molecule has 5 heteroatoms. The van der Waals surface area contributed by atoms with E-state index < -0.39 is 0 Å². The van der Waals surface area contributed by atoms with Gasteiger partial charge in [-0.2, -0.15) is 5.10 Å². The van der Waals surface area contributed by atoms with Gasteiger partial charge in [0.1, 0.15) is 12.4 Å². The zero-order valence-electron chi connectivity index (χ0n) is 11.1. The smallest absolute Gasteiger partial charge is 0.140 e. The van der Waals surface area contributed by atoms with Crippen molar-refractivity contribution in [2.45, 2.75) is 32.9 Å². The largest absolute Gasteiger partial charge is 0.486 e. The molecule has 102 valence electrons. The first-order valence-electron chi connectivity index (χ1n) is 6.32. The normalized spacial score (nSPS) is 12.4. The first-order chi connectivity index (χ1) is 9.10. The number of nitrogen functional groups attached to an aromatic ring is 1. The molecule has 0 radical (unpaired) electrons. The standard InChI is InChI=1S/C14H18ClN3O/c1-3-10(2)18-7-6-12(17-18)9-19-14-8-11(16)4-5-13(14)15/h4-8,10H,3,9,16H2,1-2H3. The molecule has 19 heavy (non-hydrogen) atoms. The van der Waals surface area contributed by atoms with Crippen molar-refractivity contribution in [3.05, 3.63) is 41.2 Å². The summed E-state index contributed by atoms with van der Waals surface area (Å²) in [5.74, 6) is 0.583. The SMILES string of the molecule is CCC(C)n1ccc(COc2cc(N)ccc2Cl)n1. The Balaban J connectivity index is 2.02. The summed E-state index contributed by atoms with van der Waals surface area (Å²) in [6.45, 7) is 4.65. The van der Waals surface area contributed by atoms with Crippen LogP contribution in [0, 0.1) is 0 Å². The maximum atomic E-state index is 6.03. The van der Waals surface area contributed by atoms with Gasteiger partial charge in [-0.3, -0.25) is 4.68 Å². The molecule has 1 atom stereocenters. The van der Waals surface area contributed by atoms with Crippen molar-refractivity contribution in [3.63, 3.8) is 0 Å². The Morgan fingerprint density at radius 3 is 2.95 bits per heavy atom. The molecule has 1 aromatic heterocycles. The predicted molar refractivity (Wildman–Crippen MR) is 77.4 cm³/mol. The summed E-state index contributed by atoms with van der Waals surface area (Å²) < 4.78 is 7.59. The lowest BCUT2D eigenvalue weighted by atomic mass is 10.3. The zero-order chi connectivity index (χ0) is 13.8. The Morgan fingerprint density at radius 2 is 2.21 bits per heavy atom. The van der Waals surface area contributed by atoms with Crippen LogP contribution in [-0.4, -0.2) is 9.78 Å². The number of aromatic nitrogens is 2. The first kappa shape index (κ1) is 13.7. The number of hydrogen-bond donors (Lipinski definition) is 1. The van der Waals surface area contributed by atoms with Crippen LogP contribution in [0.15, 0.2) is 30.5 Å². The molecule has 1 heterocycles. The minimum Gasteiger partial charge on any atom is -0.486 e. The average Bonchev–Trinajstić information content (AvgIpc) is 2.88. The van der Waals surface area contributed by atoms with E-state index in [9.17, 15) is 0 Å². The average molecular weight is 280 g/mol. The van der Waals surface area contributed by atoms with Gasteiger partial charge in [-0.25, -0.2) is 0 Å². The van der Waals surface area contributed by atoms with Crippen LogP contribution < -0.4 is 10.5 Å². The van der Waals surface area contributed by atoms with Gasteiger partial charge < -0.3 is 10.5 Å². The van der Waals surface area contributed by atoms with Crippen molar-refractivity contribution in [2.24, 2.45) is 0 Å². The molecule has 0 amide bonds. The van der Waals surface area contributed by atoms with Gasteiger partial charge in [0.15, 0.2) is 0 Å². The third kappa shape index (κ3) is 3.41. The molecule has 1 unspecified atom stereocenters. The molecule has 2 N–H and O–H groups in total. The van der Waals surface area contributed by atoms with Crippen LogP contribution in [0.4, 0.5) is 5.69 Å².